The van der Waals surface area contributed by atoms with Crippen molar-refractivity contribution in [3.8, 4) is 5.69 Å². The summed E-state index contributed by atoms with van der Waals surface area (Å²) >= 11 is 6.13. The number of rotatable bonds is 4. The SMILES string of the molecule is Cc1ccc(-n2nnc3c(N4CCN(S(=O)(=O)c5ccccc5Cl)CC4)ncnc32)cc1. The van der Waals surface area contributed by atoms with Crippen LogP contribution in [0.4, 0.5) is 5.82 Å². The third-order valence-electron chi connectivity index (χ3n) is 5.49. The first kappa shape index (κ1) is 20.8. The highest BCUT2D eigenvalue weighted by Gasteiger charge is 2.31. The summed E-state index contributed by atoms with van der Waals surface area (Å²) in [6, 6.07) is 14.4. The van der Waals surface area contributed by atoms with Crippen LogP contribution in [0.2, 0.25) is 5.02 Å². The summed E-state index contributed by atoms with van der Waals surface area (Å²) in [4.78, 5) is 10.9. The number of sulfonamides is 1. The minimum absolute atomic E-state index is 0.126. The van der Waals surface area contributed by atoms with Crippen LogP contribution in [-0.4, -0.2) is 63.9 Å². The number of aryl methyl sites for hydroxylation is 1. The molecule has 2 aromatic carbocycles. The Bertz CT molecular complexity index is 1380. The molecule has 1 saturated heterocycles. The Morgan fingerprint density at radius 2 is 1.66 bits per heavy atom. The fourth-order valence-corrected chi connectivity index (χ4v) is 5.68. The zero-order chi connectivity index (χ0) is 22.3. The molecule has 1 aliphatic heterocycles. The van der Waals surface area contributed by atoms with E-state index in [0.717, 1.165) is 11.3 Å². The van der Waals surface area contributed by atoms with E-state index < -0.39 is 10.0 Å². The molecule has 1 fully saturated rings. The topological polar surface area (TPSA) is 97.1 Å². The average Bonchev–Trinajstić information content (AvgIpc) is 3.24. The largest absolute Gasteiger partial charge is 0.352 e. The highest BCUT2D eigenvalue weighted by atomic mass is 35.5. The fourth-order valence-electron chi connectivity index (χ4n) is 3.76. The Hall–Kier alpha value is -3.08. The van der Waals surface area contributed by atoms with Gasteiger partial charge in [0, 0.05) is 26.2 Å². The van der Waals surface area contributed by atoms with Crippen LogP contribution in [0.3, 0.4) is 0 Å². The summed E-state index contributed by atoms with van der Waals surface area (Å²) < 4.78 is 29.2. The number of halogens is 1. The third-order valence-corrected chi connectivity index (χ3v) is 7.89. The lowest BCUT2D eigenvalue weighted by Crippen LogP contribution is -2.49. The lowest BCUT2D eigenvalue weighted by Gasteiger charge is -2.34. The molecule has 5 rings (SSSR count). The van der Waals surface area contributed by atoms with E-state index in [4.69, 9.17) is 11.6 Å². The van der Waals surface area contributed by atoms with Crippen molar-refractivity contribution in [2.45, 2.75) is 11.8 Å². The number of nitrogens with zero attached hydrogens (tertiary/aromatic N) is 7. The van der Waals surface area contributed by atoms with Gasteiger partial charge < -0.3 is 4.90 Å². The second-order valence-electron chi connectivity index (χ2n) is 7.53. The lowest BCUT2D eigenvalue weighted by atomic mass is 10.2. The van der Waals surface area contributed by atoms with Crippen LogP contribution in [0.1, 0.15) is 5.56 Å². The first-order valence-corrected chi connectivity index (χ1v) is 11.9. The van der Waals surface area contributed by atoms with Gasteiger partial charge in [-0.1, -0.05) is 46.6 Å². The van der Waals surface area contributed by atoms with E-state index in [2.05, 4.69) is 20.3 Å². The van der Waals surface area contributed by atoms with Crippen LogP contribution in [-0.2, 0) is 10.0 Å². The second kappa shape index (κ2) is 8.12. The quantitative estimate of drug-likeness (QED) is 0.453. The smallest absolute Gasteiger partial charge is 0.244 e. The van der Waals surface area contributed by atoms with E-state index in [1.165, 1.54) is 16.7 Å². The molecule has 4 aromatic rings. The van der Waals surface area contributed by atoms with Crippen LogP contribution in [0.25, 0.3) is 16.9 Å². The number of aromatic nitrogens is 5. The number of fused-ring (bicyclic) bond motifs is 1. The van der Waals surface area contributed by atoms with Gasteiger partial charge in [-0.15, -0.1) is 5.10 Å². The molecule has 0 spiro atoms. The Balaban J connectivity index is 1.40. The molecule has 3 heterocycles. The molecular weight excluding hydrogens is 450 g/mol. The summed E-state index contributed by atoms with van der Waals surface area (Å²) in [5.74, 6) is 0.642. The van der Waals surface area contributed by atoms with Crippen molar-refractivity contribution in [3.63, 3.8) is 0 Å². The monoisotopic (exact) mass is 469 g/mol. The molecule has 0 saturated carbocycles. The van der Waals surface area contributed by atoms with Gasteiger partial charge in [-0.3, -0.25) is 0 Å². The van der Waals surface area contributed by atoms with Gasteiger partial charge >= 0.3 is 0 Å². The fraction of sp³-hybridized carbons (Fsp3) is 0.238. The zero-order valence-corrected chi connectivity index (χ0v) is 18.8. The van der Waals surface area contributed by atoms with E-state index >= 15 is 0 Å². The van der Waals surface area contributed by atoms with Gasteiger partial charge in [0.2, 0.25) is 10.0 Å². The normalized spacial score (nSPS) is 15.4. The predicted molar refractivity (Wildman–Crippen MR) is 122 cm³/mol. The molecule has 0 bridgehead atoms. The van der Waals surface area contributed by atoms with Gasteiger partial charge in [0.15, 0.2) is 17.0 Å². The van der Waals surface area contributed by atoms with Gasteiger partial charge in [-0.2, -0.15) is 8.99 Å². The maximum atomic E-state index is 13.0. The zero-order valence-electron chi connectivity index (χ0n) is 17.3. The number of benzene rings is 2. The van der Waals surface area contributed by atoms with Crippen molar-refractivity contribution in [2.24, 2.45) is 0 Å². The van der Waals surface area contributed by atoms with Crippen molar-refractivity contribution in [1.29, 1.82) is 0 Å². The highest BCUT2D eigenvalue weighted by Crippen LogP contribution is 2.27. The van der Waals surface area contributed by atoms with Gasteiger partial charge in [0.25, 0.3) is 0 Å². The molecule has 0 N–H and O–H groups in total. The van der Waals surface area contributed by atoms with Crippen LogP contribution < -0.4 is 4.90 Å². The average molecular weight is 470 g/mol. The number of hydrogen-bond donors (Lipinski definition) is 0. The third kappa shape index (κ3) is 3.60. The maximum absolute atomic E-state index is 13.0. The number of anilines is 1. The van der Waals surface area contributed by atoms with E-state index in [1.54, 1.807) is 22.9 Å². The standard InChI is InChI=1S/C21H20ClN7O2S/c1-15-6-8-16(9-7-15)29-21-19(25-26-29)20(23-14-24-21)27-10-12-28(13-11-27)32(30,31)18-5-3-2-4-17(18)22/h2-9,14H,10-13H2,1H3. The molecule has 0 atom stereocenters. The van der Waals surface area contributed by atoms with E-state index in [1.807, 2.05) is 36.1 Å². The second-order valence-corrected chi connectivity index (χ2v) is 9.84. The van der Waals surface area contributed by atoms with Crippen molar-refractivity contribution in [1.82, 2.24) is 29.3 Å². The Labute approximate surface area is 190 Å². The van der Waals surface area contributed by atoms with Crippen LogP contribution in [0, 0.1) is 6.92 Å². The first-order chi connectivity index (χ1) is 15.4. The lowest BCUT2D eigenvalue weighted by molar-refractivity contribution is 0.384. The Morgan fingerprint density at radius 3 is 2.38 bits per heavy atom. The molecule has 0 aliphatic carbocycles. The highest BCUT2D eigenvalue weighted by molar-refractivity contribution is 7.89. The molecule has 9 nitrogen and oxygen atoms in total. The molecule has 0 radical (unpaired) electrons. The van der Waals surface area contributed by atoms with Crippen molar-refractivity contribution < 1.29 is 8.42 Å². The van der Waals surface area contributed by atoms with E-state index in [9.17, 15) is 8.42 Å². The molecule has 32 heavy (non-hydrogen) atoms. The van der Waals surface area contributed by atoms with Gasteiger partial charge in [0.05, 0.1) is 10.7 Å². The molecular formula is C21H20ClN7O2S. The maximum Gasteiger partial charge on any atom is 0.244 e. The summed E-state index contributed by atoms with van der Waals surface area (Å²) in [5.41, 5.74) is 3.19. The molecule has 1 aliphatic rings. The van der Waals surface area contributed by atoms with Crippen LogP contribution in [0.5, 0.6) is 0 Å². The van der Waals surface area contributed by atoms with Crippen molar-refractivity contribution in [2.75, 3.05) is 31.1 Å². The summed E-state index contributed by atoms with van der Waals surface area (Å²) in [6.45, 7) is 3.58. The first-order valence-electron chi connectivity index (χ1n) is 10.1. The Kier molecular flexibility index (Phi) is 5.28. The number of piperazine rings is 1. The summed E-state index contributed by atoms with van der Waals surface area (Å²) in [7, 11) is -3.67. The minimum atomic E-state index is -3.67. The van der Waals surface area contributed by atoms with Crippen molar-refractivity contribution in [3.05, 3.63) is 65.4 Å². The minimum Gasteiger partial charge on any atom is -0.352 e. The molecule has 0 amide bonds. The number of hydrogen-bond acceptors (Lipinski definition) is 7. The predicted octanol–water partition coefficient (Wildman–Crippen LogP) is 2.68. The van der Waals surface area contributed by atoms with E-state index in [-0.39, 0.29) is 9.92 Å². The summed E-state index contributed by atoms with van der Waals surface area (Å²) in [6.07, 6.45) is 1.48. The molecule has 11 heteroatoms. The molecule has 164 valence electrons. The van der Waals surface area contributed by atoms with E-state index in [0.29, 0.717) is 43.2 Å². The van der Waals surface area contributed by atoms with Crippen molar-refractivity contribution >= 4 is 38.6 Å². The van der Waals surface area contributed by atoms with Crippen LogP contribution in [0.15, 0.2) is 59.8 Å². The van der Waals surface area contributed by atoms with Gasteiger partial charge in [0.1, 0.15) is 11.2 Å². The molecule has 0 unspecified atom stereocenters. The van der Waals surface area contributed by atoms with Gasteiger partial charge in [-0.05, 0) is 31.2 Å². The molecule has 2 aromatic heterocycles. The van der Waals surface area contributed by atoms with Gasteiger partial charge in [-0.25, -0.2) is 18.4 Å². The Morgan fingerprint density at radius 1 is 0.938 bits per heavy atom. The van der Waals surface area contributed by atoms with Crippen LogP contribution >= 0.6 is 11.6 Å². The summed E-state index contributed by atoms with van der Waals surface area (Å²) in [5, 5.41) is 8.81.